The van der Waals surface area contributed by atoms with Crippen LogP contribution < -0.4 is 9.64 Å². The molecule has 0 unspecified atom stereocenters. The van der Waals surface area contributed by atoms with E-state index in [0.717, 1.165) is 63.7 Å². The highest BCUT2D eigenvalue weighted by molar-refractivity contribution is 6.06. The molecule has 196 valence electrons. The second-order valence-electron chi connectivity index (χ2n) is 9.98. The third-order valence-corrected chi connectivity index (χ3v) is 7.56. The molecule has 0 aromatic heterocycles. The summed E-state index contributed by atoms with van der Waals surface area (Å²) in [4.78, 5) is 20.3. The smallest absolute Gasteiger partial charge is 0.258 e. The van der Waals surface area contributed by atoms with Crippen molar-refractivity contribution >= 4 is 11.6 Å². The van der Waals surface area contributed by atoms with E-state index in [1.807, 2.05) is 29.2 Å². The minimum absolute atomic E-state index is 0.105. The Morgan fingerprint density at radius 2 is 1.92 bits per heavy atom. The molecule has 2 atom stereocenters. The summed E-state index contributed by atoms with van der Waals surface area (Å²) in [6.07, 6.45) is 4.56. The van der Waals surface area contributed by atoms with Crippen molar-refractivity contribution in [3.05, 3.63) is 59.9 Å². The summed E-state index contributed by atoms with van der Waals surface area (Å²) >= 11 is 0. The largest absolute Gasteiger partial charge is 0.492 e. The lowest BCUT2D eigenvalue weighted by molar-refractivity contribution is 0.0322. The number of ether oxygens (including phenoxy) is 2. The summed E-state index contributed by atoms with van der Waals surface area (Å²) < 4.78 is 25.0. The quantitative estimate of drug-likeness (QED) is 0.476. The molecule has 1 amide bonds. The molecule has 2 fully saturated rings. The molecule has 1 aliphatic carbocycles. The van der Waals surface area contributed by atoms with Gasteiger partial charge in [0.2, 0.25) is 0 Å². The van der Waals surface area contributed by atoms with Crippen LogP contribution in [-0.4, -0.2) is 81.3 Å². The van der Waals surface area contributed by atoms with Crippen molar-refractivity contribution in [1.29, 1.82) is 0 Å². The van der Waals surface area contributed by atoms with Gasteiger partial charge in [0.25, 0.3) is 5.91 Å². The Kier molecular flexibility index (Phi) is 9.73. The van der Waals surface area contributed by atoms with Crippen molar-refractivity contribution in [1.82, 2.24) is 9.80 Å². The van der Waals surface area contributed by atoms with Crippen LogP contribution in [0.4, 0.5) is 10.1 Å². The molecule has 2 aromatic rings. The average molecular weight is 498 g/mol. The number of carbonyl (C=O) groups excluding carboxylic acids is 1. The van der Waals surface area contributed by atoms with Gasteiger partial charge in [0, 0.05) is 49.5 Å². The van der Waals surface area contributed by atoms with Gasteiger partial charge in [-0.05, 0) is 75.2 Å². The predicted octanol–water partition coefficient (Wildman–Crippen LogP) is 4.69. The summed E-state index contributed by atoms with van der Waals surface area (Å²) in [5, 5.41) is 0. The molecule has 1 saturated carbocycles. The molecule has 1 saturated heterocycles. The SMILES string of the molecule is CCN(C)[C@@H]1CCC[C@H](CN(C(=O)c2ccc(F)cc2)c2cccc(OCCN3CCOCC3)c2)C1. The fourth-order valence-electron chi connectivity index (χ4n) is 5.26. The second kappa shape index (κ2) is 13.2. The highest BCUT2D eigenvalue weighted by Gasteiger charge is 2.28. The number of hydrogen-bond acceptors (Lipinski definition) is 5. The van der Waals surface area contributed by atoms with E-state index in [4.69, 9.17) is 9.47 Å². The maximum absolute atomic E-state index is 13.7. The van der Waals surface area contributed by atoms with Crippen molar-refractivity contribution in [2.24, 2.45) is 5.92 Å². The van der Waals surface area contributed by atoms with Crippen LogP contribution in [0.2, 0.25) is 0 Å². The number of amides is 1. The molecule has 1 aliphatic heterocycles. The third kappa shape index (κ3) is 7.28. The molecule has 0 bridgehead atoms. The van der Waals surface area contributed by atoms with Gasteiger partial charge in [0.05, 0.1) is 13.2 Å². The molecule has 0 N–H and O–H groups in total. The number of benzene rings is 2. The van der Waals surface area contributed by atoms with Crippen LogP contribution >= 0.6 is 0 Å². The molecule has 0 spiro atoms. The standard InChI is InChI=1S/C29H40FN3O3/c1-3-31(2)26-7-4-6-23(20-26)22-33(29(34)24-10-12-25(30)13-11-24)27-8-5-9-28(21-27)36-19-16-32-14-17-35-18-15-32/h5,8-13,21,23,26H,3-4,6-7,14-20,22H2,1-2H3/t23-,26+/m0/s1. The summed E-state index contributed by atoms with van der Waals surface area (Å²) in [7, 11) is 2.19. The Bertz CT molecular complexity index is 964. The minimum Gasteiger partial charge on any atom is -0.492 e. The lowest BCUT2D eigenvalue weighted by Crippen LogP contribution is -2.41. The molecule has 6 nitrogen and oxygen atoms in total. The van der Waals surface area contributed by atoms with E-state index < -0.39 is 0 Å². The van der Waals surface area contributed by atoms with Crippen molar-refractivity contribution in [3.8, 4) is 5.75 Å². The van der Waals surface area contributed by atoms with Crippen molar-refractivity contribution in [2.45, 2.75) is 38.6 Å². The normalized spacial score (nSPS) is 20.9. The number of morpholine rings is 1. The van der Waals surface area contributed by atoms with E-state index in [0.29, 0.717) is 30.7 Å². The van der Waals surface area contributed by atoms with Gasteiger partial charge < -0.3 is 19.3 Å². The van der Waals surface area contributed by atoms with Gasteiger partial charge in [-0.1, -0.05) is 19.4 Å². The number of hydrogen-bond donors (Lipinski definition) is 0. The van der Waals surface area contributed by atoms with E-state index >= 15 is 0 Å². The van der Waals surface area contributed by atoms with Crippen LogP contribution in [0.3, 0.4) is 0 Å². The van der Waals surface area contributed by atoms with Crippen LogP contribution in [0.25, 0.3) is 0 Å². The zero-order valence-corrected chi connectivity index (χ0v) is 21.7. The number of halogens is 1. The molecular weight excluding hydrogens is 457 g/mol. The summed E-state index contributed by atoms with van der Waals surface area (Å²) in [5.41, 5.74) is 1.31. The van der Waals surface area contributed by atoms with Crippen LogP contribution in [0, 0.1) is 11.7 Å². The Balaban J connectivity index is 1.49. The van der Waals surface area contributed by atoms with E-state index in [9.17, 15) is 9.18 Å². The van der Waals surface area contributed by atoms with Crippen LogP contribution in [-0.2, 0) is 4.74 Å². The van der Waals surface area contributed by atoms with Gasteiger partial charge in [0.1, 0.15) is 18.2 Å². The number of rotatable bonds is 10. The molecule has 2 aromatic carbocycles. The number of nitrogens with zero attached hydrogens (tertiary/aromatic N) is 3. The Hall–Kier alpha value is -2.48. The average Bonchev–Trinajstić information content (AvgIpc) is 2.92. The van der Waals surface area contributed by atoms with Crippen molar-refractivity contribution in [2.75, 3.05) is 64.5 Å². The number of carbonyl (C=O) groups is 1. The zero-order valence-electron chi connectivity index (χ0n) is 21.7. The third-order valence-electron chi connectivity index (χ3n) is 7.56. The molecule has 1 heterocycles. The first kappa shape index (κ1) is 26.6. The maximum atomic E-state index is 13.7. The topological polar surface area (TPSA) is 45.2 Å². The van der Waals surface area contributed by atoms with E-state index in [2.05, 4.69) is 23.8 Å². The highest BCUT2D eigenvalue weighted by atomic mass is 19.1. The fourth-order valence-corrected chi connectivity index (χ4v) is 5.26. The Morgan fingerprint density at radius 3 is 2.67 bits per heavy atom. The van der Waals surface area contributed by atoms with E-state index in [-0.39, 0.29) is 11.7 Å². The lowest BCUT2D eigenvalue weighted by Gasteiger charge is -2.37. The summed E-state index contributed by atoms with van der Waals surface area (Å²) in [5.74, 6) is 0.718. The lowest BCUT2D eigenvalue weighted by atomic mass is 9.84. The molecular formula is C29H40FN3O3. The maximum Gasteiger partial charge on any atom is 0.258 e. The van der Waals surface area contributed by atoms with Crippen LogP contribution in [0.15, 0.2) is 48.5 Å². The molecule has 36 heavy (non-hydrogen) atoms. The predicted molar refractivity (Wildman–Crippen MR) is 141 cm³/mol. The molecule has 0 radical (unpaired) electrons. The highest BCUT2D eigenvalue weighted by Crippen LogP contribution is 2.31. The Labute approximate surface area is 215 Å². The summed E-state index contributed by atoms with van der Waals surface area (Å²) in [6.45, 7) is 8.69. The van der Waals surface area contributed by atoms with Crippen molar-refractivity contribution < 1.29 is 18.7 Å². The first-order valence-corrected chi connectivity index (χ1v) is 13.3. The van der Waals surface area contributed by atoms with E-state index in [1.165, 1.54) is 25.0 Å². The van der Waals surface area contributed by atoms with Gasteiger partial charge in [-0.2, -0.15) is 0 Å². The second-order valence-corrected chi connectivity index (χ2v) is 9.98. The van der Waals surface area contributed by atoms with Crippen LogP contribution in [0.5, 0.6) is 5.75 Å². The van der Waals surface area contributed by atoms with Gasteiger partial charge >= 0.3 is 0 Å². The molecule has 4 rings (SSSR count). The van der Waals surface area contributed by atoms with Gasteiger partial charge in [-0.25, -0.2) is 4.39 Å². The first-order chi connectivity index (χ1) is 17.5. The zero-order chi connectivity index (χ0) is 25.3. The van der Waals surface area contributed by atoms with Gasteiger partial charge in [0.15, 0.2) is 0 Å². The van der Waals surface area contributed by atoms with Crippen molar-refractivity contribution in [3.63, 3.8) is 0 Å². The minimum atomic E-state index is -0.341. The first-order valence-electron chi connectivity index (χ1n) is 13.3. The summed E-state index contributed by atoms with van der Waals surface area (Å²) in [6, 6.07) is 14.2. The van der Waals surface area contributed by atoms with Gasteiger partial charge in [-0.3, -0.25) is 9.69 Å². The van der Waals surface area contributed by atoms with Crippen LogP contribution in [0.1, 0.15) is 43.0 Å². The fraction of sp³-hybridized carbons (Fsp3) is 0.552. The Morgan fingerprint density at radius 1 is 1.14 bits per heavy atom. The molecule has 7 heteroatoms. The number of anilines is 1. The monoisotopic (exact) mass is 497 g/mol. The van der Waals surface area contributed by atoms with Gasteiger partial charge in [-0.15, -0.1) is 0 Å². The molecule has 2 aliphatic rings. The van der Waals surface area contributed by atoms with E-state index in [1.54, 1.807) is 12.1 Å².